The van der Waals surface area contributed by atoms with Crippen LogP contribution in [0.25, 0.3) is 10.6 Å². The molecule has 1 amide bonds. The Morgan fingerprint density at radius 2 is 1.95 bits per heavy atom. The number of nitrogens with zero attached hydrogens (tertiary/aromatic N) is 1. The molecule has 0 atom stereocenters. The minimum Gasteiger partial charge on any atom is -0.321 e. The number of thiazole rings is 1. The minimum atomic E-state index is -0.186. The predicted octanol–water partition coefficient (Wildman–Crippen LogP) is 4.04. The smallest absolute Gasteiger partial charge is 0.267 e. The molecule has 3 rings (SSSR count). The van der Waals surface area contributed by atoms with Gasteiger partial charge in [0.1, 0.15) is 9.88 Å². The molecule has 106 valence electrons. The summed E-state index contributed by atoms with van der Waals surface area (Å²) in [4.78, 5) is 17.1. The van der Waals surface area contributed by atoms with Crippen molar-refractivity contribution < 1.29 is 4.79 Å². The number of aromatic nitrogens is 1. The fourth-order valence-electron chi connectivity index (χ4n) is 1.97. The molecule has 0 radical (unpaired) electrons. The molecule has 0 fully saturated rings. The van der Waals surface area contributed by atoms with Crippen LogP contribution >= 0.6 is 11.3 Å². The first-order chi connectivity index (χ1) is 10.8. The summed E-state index contributed by atoms with van der Waals surface area (Å²) in [6.45, 7) is 0. The molecule has 0 saturated heterocycles. The molecule has 0 aliphatic heterocycles. The van der Waals surface area contributed by atoms with Crippen LogP contribution in [-0.2, 0) is 0 Å². The van der Waals surface area contributed by atoms with Crippen LogP contribution in [0.3, 0.4) is 0 Å². The number of amides is 1. The number of benzene rings is 2. The topological polar surface area (TPSA) is 42.0 Å². The average Bonchev–Trinajstić information content (AvgIpc) is 3.06. The Balaban J connectivity index is 1.79. The number of carbonyl (C=O) groups excluding carboxylic acids is 1. The van der Waals surface area contributed by atoms with Gasteiger partial charge in [0.2, 0.25) is 0 Å². The van der Waals surface area contributed by atoms with Crippen molar-refractivity contribution in [3.63, 3.8) is 0 Å². The third-order valence-electron chi connectivity index (χ3n) is 3.04. The standard InChI is InChI=1S/C18H12N2OS/c1-2-13-7-6-10-15(11-13)20-17(21)16-12-19-18(22-16)14-8-4-3-5-9-14/h1,3-12H,(H,20,21). The van der Waals surface area contributed by atoms with Gasteiger partial charge in [0.05, 0.1) is 6.20 Å². The summed E-state index contributed by atoms with van der Waals surface area (Å²) in [6, 6.07) is 17.0. The second-order valence-corrected chi connectivity index (χ2v) is 5.61. The second kappa shape index (κ2) is 6.25. The van der Waals surface area contributed by atoms with Crippen LogP contribution in [0.5, 0.6) is 0 Å². The van der Waals surface area contributed by atoms with Gasteiger partial charge in [0.25, 0.3) is 5.91 Å². The zero-order valence-corrected chi connectivity index (χ0v) is 12.4. The van der Waals surface area contributed by atoms with Crippen molar-refractivity contribution in [2.45, 2.75) is 0 Å². The summed E-state index contributed by atoms with van der Waals surface area (Å²) in [7, 11) is 0. The molecule has 3 nitrogen and oxygen atoms in total. The van der Waals surface area contributed by atoms with E-state index in [4.69, 9.17) is 6.42 Å². The maximum atomic E-state index is 12.3. The summed E-state index contributed by atoms with van der Waals surface area (Å²) in [6.07, 6.45) is 6.95. The lowest BCUT2D eigenvalue weighted by molar-refractivity contribution is 0.103. The fraction of sp³-hybridized carbons (Fsp3) is 0. The third-order valence-corrected chi connectivity index (χ3v) is 4.08. The van der Waals surface area contributed by atoms with E-state index >= 15 is 0 Å². The van der Waals surface area contributed by atoms with Gasteiger partial charge in [-0.15, -0.1) is 17.8 Å². The Hall–Kier alpha value is -2.90. The molecule has 22 heavy (non-hydrogen) atoms. The first-order valence-electron chi connectivity index (χ1n) is 6.65. The lowest BCUT2D eigenvalue weighted by Crippen LogP contribution is -2.10. The number of nitrogens with one attached hydrogen (secondary N) is 1. The second-order valence-electron chi connectivity index (χ2n) is 4.57. The average molecular weight is 304 g/mol. The Morgan fingerprint density at radius 3 is 2.73 bits per heavy atom. The number of hydrogen-bond donors (Lipinski definition) is 1. The van der Waals surface area contributed by atoms with Gasteiger partial charge >= 0.3 is 0 Å². The molecule has 0 spiro atoms. The molecule has 4 heteroatoms. The predicted molar refractivity (Wildman–Crippen MR) is 89.9 cm³/mol. The van der Waals surface area contributed by atoms with E-state index in [0.29, 0.717) is 10.6 Å². The minimum absolute atomic E-state index is 0.186. The van der Waals surface area contributed by atoms with Crippen LogP contribution < -0.4 is 5.32 Å². The van der Waals surface area contributed by atoms with Gasteiger partial charge in [-0.3, -0.25) is 4.79 Å². The molecule has 1 aromatic heterocycles. The van der Waals surface area contributed by atoms with Crippen LogP contribution in [0.4, 0.5) is 5.69 Å². The first kappa shape index (κ1) is 14.1. The van der Waals surface area contributed by atoms with Crippen molar-refractivity contribution in [1.29, 1.82) is 0 Å². The van der Waals surface area contributed by atoms with Crippen molar-refractivity contribution in [3.05, 3.63) is 71.2 Å². The fourth-order valence-corrected chi connectivity index (χ4v) is 2.79. The van der Waals surface area contributed by atoms with Gasteiger partial charge < -0.3 is 5.32 Å². The third kappa shape index (κ3) is 3.05. The Kier molecular flexibility index (Phi) is 3.99. The summed E-state index contributed by atoms with van der Waals surface area (Å²) < 4.78 is 0. The van der Waals surface area contributed by atoms with Crippen molar-refractivity contribution in [2.75, 3.05) is 5.32 Å². The molecular weight excluding hydrogens is 292 g/mol. The lowest BCUT2D eigenvalue weighted by atomic mass is 10.2. The molecule has 0 unspecified atom stereocenters. The van der Waals surface area contributed by atoms with Crippen LogP contribution in [0.15, 0.2) is 60.8 Å². The van der Waals surface area contributed by atoms with Crippen molar-refractivity contribution in [1.82, 2.24) is 4.98 Å². The van der Waals surface area contributed by atoms with Gasteiger partial charge in [-0.2, -0.15) is 0 Å². The zero-order valence-electron chi connectivity index (χ0n) is 11.6. The van der Waals surface area contributed by atoms with E-state index in [1.54, 1.807) is 18.3 Å². The SMILES string of the molecule is C#Cc1cccc(NC(=O)c2cnc(-c3ccccc3)s2)c1. The molecule has 0 aliphatic rings. The van der Waals surface area contributed by atoms with Crippen molar-refractivity contribution in [3.8, 4) is 22.9 Å². The summed E-state index contributed by atoms with van der Waals surface area (Å²) >= 11 is 1.36. The molecule has 2 aromatic carbocycles. The van der Waals surface area contributed by atoms with E-state index in [2.05, 4.69) is 16.2 Å². The summed E-state index contributed by atoms with van der Waals surface area (Å²) in [5.41, 5.74) is 2.41. The number of carbonyl (C=O) groups is 1. The summed E-state index contributed by atoms with van der Waals surface area (Å²) in [5, 5.41) is 3.66. The molecule has 3 aromatic rings. The first-order valence-corrected chi connectivity index (χ1v) is 7.47. The summed E-state index contributed by atoms with van der Waals surface area (Å²) in [5.74, 6) is 2.36. The largest absolute Gasteiger partial charge is 0.321 e. The zero-order chi connectivity index (χ0) is 15.4. The number of hydrogen-bond acceptors (Lipinski definition) is 3. The van der Waals surface area contributed by atoms with E-state index in [1.807, 2.05) is 42.5 Å². The Morgan fingerprint density at radius 1 is 1.14 bits per heavy atom. The lowest BCUT2D eigenvalue weighted by Gasteiger charge is -2.03. The highest BCUT2D eigenvalue weighted by Crippen LogP contribution is 2.25. The van der Waals surface area contributed by atoms with Gasteiger partial charge in [0, 0.05) is 16.8 Å². The molecular formula is C18H12N2OS. The highest BCUT2D eigenvalue weighted by Gasteiger charge is 2.12. The molecule has 0 saturated carbocycles. The van der Waals surface area contributed by atoms with Crippen molar-refractivity contribution >= 4 is 22.9 Å². The molecule has 0 bridgehead atoms. The van der Waals surface area contributed by atoms with E-state index in [0.717, 1.165) is 16.1 Å². The quantitative estimate of drug-likeness (QED) is 0.742. The van der Waals surface area contributed by atoms with Crippen LogP contribution in [0.1, 0.15) is 15.2 Å². The Labute approximate surface area is 132 Å². The van der Waals surface area contributed by atoms with Crippen LogP contribution in [-0.4, -0.2) is 10.9 Å². The molecule has 0 aliphatic carbocycles. The number of rotatable bonds is 3. The van der Waals surface area contributed by atoms with E-state index < -0.39 is 0 Å². The van der Waals surface area contributed by atoms with Crippen molar-refractivity contribution in [2.24, 2.45) is 0 Å². The highest BCUT2D eigenvalue weighted by molar-refractivity contribution is 7.17. The number of anilines is 1. The van der Waals surface area contributed by atoms with Gasteiger partial charge in [-0.1, -0.05) is 42.3 Å². The maximum Gasteiger partial charge on any atom is 0.267 e. The van der Waals surface area contributed by atoms with E-state index in [9.17, 15) is 4.79 Å². The van der Waals surface area contributed by atoms with Crippen LogP contribution in [0, 0.1) is 12.3 Å². The Bertz CT molecular complexity index is 847. The maximum absolute atomic E-state index is 12.3. The van der Waals surface area contributed by atoms with Gasteiger partial charge in [-0.05, 0) is 18.2 Å². The number of terminal acetylenes is 1. The monoisotopic (exact) mass is 304 g/mol. The molecule has 1 N–H and O–H groups in total. The van der Waals surface area contributed by atoms with E-state index in [-0.39, 0.29) is 5.91 Å². The van der Waals surface area contributed by atoms with E-state index in [1.165, 1.54) is 11.3 Å². The normalized spacial score (nSPS) is 9.95. The van der Waals surface area contributed by atoms with Gasteiger partial charge in [0.15, 0.2) is 0 Å². The highest BCUT2D eigenvalue weighted by atomic mass is 32.1. The van der Waals surface area contributed by atoms with Gasteiger partial charge in [-0.25, -0.2) is 4.98 Å². The molecule has 1 heterocycles. The van der Waals surface area contributed by atoms with Crippen LogP contribution in [0.2, 0.25) is 0 Å².